The van der Waals surface area contributed by atoms with Gasteiger partial charge in [0, 0.05) is 20.2 Å². The van der Waals surface area contributed by atoms with E-state index < -0.39 is 6.10 Å². The van der Waals surface area contributed by atoms with Gasteiger partial charge in [-0.3, -0.25) is 4.90 Å². The summed E-state index contributed by atoms with van der Waals surface area (Å²) in [5.41, 5.74) is 2.32. The molecule has 3 unspecified atom stereocenters. The summed E-state index contributed by atoms with van der Waals surface area (Å²) in [6.45, 7) is 7.04. The molecular weight excluding hydrogens is 250 g/mol. The van der Waals surface area contributed by atoms with Crippen LogP contribution in [0.1, 0.15) is 37.5 Å². The molecule has 1 aromatic rings. The van der Waals surface area contributed by atoms with Crippen molar-refractivity contribution in [1.29, 1.82) is 0 Å². The molecule has 112 valence electrons. The topological polar surface area (TPSA) is 32.7 Å². The molecule has 0 amide bonds. The van der Waals surface area contributed by atoms with Gasteiger partial charge in [-0.15, -0.1) is 0 Å². The number of aliphatic hydroxyl groups excluding tert-OH is 1. The Balaban J connectivity index is 1.91. The first-order valence-electron chi connectivity index (χ1n) is 7.66. The van der Waals surface area contributed by atoms with Crippen molar-refractivity contribution in [2.24, 2.45) is 5.92 Å². The molecule has 1 saturated heterocycles. The number of aliphatic hydroxyl groups is 1. The van der Waals surface area contributed by atoms with E-state index in [1.807, 2.05) is 12.1 Å². The molecule has 3 nitrogen and oxygen atoms in total. The summed E-state index contributed by atoms with van der Waals surface area (Å²) in [7, 11) is 1.78. The minimum atomic E-state index is -0.410. The van der Waals surface area contributed by atoms with Crippen LogP contribution < -0.4 is 0 Å². The van der Waals surface area contributed by atoms with Crippen molar-refractivity contribution in [1.82, 2.24) is 4.90 Å². The van der Waals surface area contributed by atoms with E-state index in [2.05, 4.69) is 30.9 Å². The summed E-state index contributed by atoms with van der Waals surface area (Å²) >= 11 is 0. The number of ether oxygens (including phenoxy) is 1. The van der Waals surface area contributed by atoms with Gasteiger partial charge in [-0.05, 0) is 36.4 Å². The van der Waals surface area contributed by atoms with Crippen molar-refractivity contribution in [3.8, 4) is 0 Å². The fourth-order valence-corrected chi connectivity index (χ4v) is 2.90. The third-order valence-corrected chi connectivity index (χ3v) is 4.48. The molecule has 0 saturated carbocycles. The van der Waals surface area contributed by atoms with Gasteiger partial charge in [0.05, 0.1) is 12.2 Å². The maximum absolute atomic E-state index is 10.4. The standard InChI is InChI=1S/C17H27NO2/c1-4-14-5-7-15(8-6-14)16(19)11-18-10-9-13(2)17(12-18)20-3/h5-8,13,16-17,19H,4,9-12H2,1-3H3. The highest BCUT2D eigenvalue weighted by molar-refractivity contribution is 5.24. The number of hydrogen-bond acceptors (Lipinski definition) is 3. The van der Waals surface area contributed by atoms with Crippen molar-refractivity contribution in [3.05, 3.63) is 35.4 Å². The average molecular weight is 277 g/mol. The van der Waals surface area contributed by atoms with E-state index in [1.165, 1.54) is 5.56 Å². The lowest BCUT2D eigenvalue weighted by Crippen LogP contribution is -2.45. The Kier molecular flexibility index (Phi) is 5.58. The molecular formula is C17H27NO2. The summed E-state index contributed by atoms with van der Waals surface area (Å²) in [6, 6.07) is 8.30. The van der Waals surface area contributed by atoms with Crippen LogP contribution in [0.3, 0.4) is 0 Å². The summed E-state index contributed by atoms with van der Waals surface area (Å²) in [6.07, 6.45) is 2.06. The molecule has 1 aliphatic heterocycles. The van der Waals surface area contributed by atoms with E-state index >= 15 is 0 Å². The smallest absolute Gasteiger partial charge is 0.0916 e. The second-order valence-corrected chi connectivity index (χ2v) is 5.91. The molecule has 1 aromatic carbocycles. The molecule has 0 radical (unpaired) electrons. The van der Waals surface area contributed by atoms with Crippen LogP contribution in [0.2, 0.25) is 0 Å². The lowest BCUT2D eigenvalue weighted by molar-refractivity contribution is -0.0180. The van der Waals surface area contributed by atoms with Gasteiger partial charge in [-0.2, -0.15) is 0 Å². The van der Waals surface area contributed by atoms with E-state index in [-0.39, 0.29) is 0 Å². The highest BCUT2D eigenvalue weighted by Crippen LogP contribution is 2.22. The predicted octanol–water partition coefficient (Wildman–Crippen LogP) is 2.64. The Bertz CT molecular complexity index is 404. The van der Waals surface area contributed by atoms with Gasteiger partial charge in [0.25, 0.3) is 0 Å². The largest absolute Gasteiger partial charge is 0.387 e. The van der Waals surface area contributed by atoms with Crippen LogP contribution >= 0.6 is 0 Å². The maximum Gasteiger partial charge on any atom is 0.0916 e. The number of methoxy groups -OCH3 is 1. The minimum Gasteiger partial charge on any atom is -0.387 e. The summed E-state index contributed by atoms with van der Waals surface area (Å²) in [5, 5.41) is 10.4. The number of β-amino-alcohol motifs (C(OH)–C–C–N with tert-alkyl or cyclic N) is 1. The van der Waals surface area contributed by atoms with Gasteiger partial charge in [0.15, 0.2) is 0 Å². The number of aryl methyl sites for hydroxylation is 1. The highest BCUT2D eigenvalue weighted by Gasteiger charge is 2.27. The summed E-state index contributed by atoms with van der Waals surface area (Å²) in [5.74, 6) is 0.609. The Labute approximate surface area is 122 Å². The predicted molar refractivity (Wildman–Crippen MR) is 81.8 cm³/mol. The van der Waals surface area contributed by atoms with Crippen LogP contribution in [0.25, 0.3) is 0 Å². The fraction of sp³-hybridized carbons (Fsp3) is 0.647. The molecule has 3 atom stereocenters. The Morgan fingerprint density at radius 3 is 2.65 bits per heavy atom. The number of piperidine rings is 1. The second-order valence-electron chi connectivity index (χ2n) is 5.91. The van der Waals surface area contributed by atoms with E-state index in [0.29, 0.717) is 18.6 Å². The lowest BCUT2D eigenvalue weighted by Gasteiger charge is -2.37. The SMILES string of the molecule is CCc1ccc(C(O)CN2CCC(C)C(OC)C2)cc1. The van der Waals surface area contributed by atoms with E-state index in [9.17, 15) is 5.11 Å². The van der Waals surface area contributed by atoms with Crippen LogP contribution in [-0.4, -0.2) is 42.9 Å². The van der Waals surface area contributed by atoms with Crippen LogP contribution in [0.4, 0.5) is 0 Å². The Morgan fingerprint density at radius 1 is 1.35 bits per heavy atom. The lowest BCUT2D eigenvalue weighted by atomic mass is 9.95. The van der Waals surface area contributed by atoms with Crippen LogP contribution in [-0.2, 0) is 11.2 Å². The first kappa shape index (κ1) is 15.5. The quantitative estimate of drug-likeness (QED) is 0.898. The Hall–Kier alpha value is -0.900. The number of benzene rings is 1. The molecule has 1 fully saturated rings. The molecule has 20 heavy (non-hydrogen) atoms. The van der Waals surface area contributed by atoms with Crippen molar-refractivity contribution in [2.45, 2.75) is 38.9 Å². The molecule has 0 aromatic heterocycles. The van der Waals surface area contributed by atoms with Crippen molar-refractivity contribution in [2.75, 3.05) is 26.7 Å². The Morgan fingerprint density at radius 2 is 2.05 bits per heavy atom. The third-order valence-electron chi connectivity index (χ3n) is 4.48. The second kappa shape index (κ2) is 7.21. The minimum absolute atomic E-state index is 0.290. The highest BCUT2D eigenvalue weighted by atomic mass is 16.5. The molecule has 0 bridgehead atoms. The van der Waals surface area contributed by atoms with Crippen LogP contribution in [0.15, 0.2) is 24.3 Å². The monoisotopic (exact) mass is 277 g/mol. The number of nitrogens with zero attached hydrogens (tertiary/aromatic N) is 1. The molecule has 2 rings (SSSR count). The van der Waals surface area contributed by atoms with Gasteiger partial charge < -0.3 is 9.84 Å². The zero-order chi connectivity index (χ0) is 14.5. The van der Waals surface area contributed by atoms with Gasteiger partial charge in [-0.25, -0.2) is 0 Å². The molecule has 0 aliphatic carbocycles. The van der Waals surface area contributed by atoms with Crippen molar-refractivity contribution in [3.63, 3.8) is 0 Å². The van der Waals surface area contributed by atoms with Gasteiger partial charge in [0.2, 0.25) is 0 Å². The third kappa shape index (κ3) is 3.81. The normalized spacial score (nSPS) is 25.6. The fourth-order valence-electron chi connectivity index (χ4n) is 2.90. The molecule has 1 aliphatic rings. The van der Waals surface area contributed by atoms with E-state index in [1.54, 1.807) is 7.11 Å². The number of likely N-dealkylation sites (tertiary alicyclic amines) is 1. The van der Waals surface area contributed by atoms with E-state index in [4.69, 9.17) is 4.74 Å². The maximum atomic E-state index is 10.4. The van der Waals surface area contributed by atoms with Gasteiger partial charge in [0.1, 0.15) is 0 Å². The number of hydrogen-bond donors (Lipinski definition) is 1. The first-order valence-corrected chi connectivity index (χ1v) is 7.66. The molecule has 0 spiro atoms. The summed E-state index contributed by atoms with van der Waals surface area (Å²) < 4.78 is 5.53. The van der Waals surface area contributed by atoms with Crippen LogP contribution in [0.5, 0.6) is 0 Å². The molecule has 1 N–H and O–H groups in total. The van der Waals surface area contributed by atoms with Crippen LogP contribution in [0, 0.1) is 5.92 Å². The zero-order valence-electron chi connectivity index (χ0n) is 12.9. The molecule has 3 heteroatoms. The zero-order valence-corrected chi connectivity index (χ0v) is 12.9. The van der Waals surface area contributed by atoms with Gasteiger partial charge in [-0.1, -0.05) is 38.1 Å². The first-order chi connectivity index (χ1) is 9.63. The van der Waals surface area contributed by atoms with E-state index in [0.717, 1.165) is 31.5 Å². The average Bonchev–Trinajstić information content (AvgIpc) is 2.49. The van der Waals surface area contributed by atoms with Crippen molar-refractivity contribution >= 4 is 0 Å². The molecule has 1 heterocycles. The number of rotatable bonds is 5. The van der Waals surface area contributed by atoms with Gasteiger partial charge >= 0.3 is 0 Å². The van der Waals surface area contributed by atoms with Crippen molar-refractivity contribution < 1.29 is 9.84 Å². The summed E-state index contributed by atoms with van der Waals surface area (Å²) in [4.78, 5) is 2.31.